The summed E-state index contributed by atoms with van der Waals surface area (Å²) in [5.41, 5.74) is 0.728. The highest BCUT2D eigenvalue weighted by Gasteiger charge is 2.23. The Labute approximate surface area is 117 Å². The van der Waals surface area contributed by atoms with Crippen LogP contribution in [0.2, 0.25) is 0 Å². The Balaban J connectivity index is 2.13. The van der Waals surface area contributed by atoms with Crippen molar-refractivity contribution in [2.24, 2.45) is 0 Å². The smallest absolute Gasteiger partial charge is 0.273 e. The molecule has 0 bridgehead atoms. The molecule has 1 saturated heterocycles. The maximum Gasteiger partial charge on any atom is 0.273 e. The van der Waals surface area contributed by atoms with Crippen LogP contribution in [0.4, 0.5) is 5.69 Å². The first-order chi connectivity index (χ1) is 9.49. The number of nitro groups is 1. The number of nitrogens with one attached hydrogen (secondary N) is 1. The molecule has 1 fully saturated rings. The first-order valence-corrected chi connectivity index (χ1v) is 6.65. The SMILES string of the molecule is Cc1c(C(=O)N[C@@H]2CCO[C@H](C)C2)cccc1[N+](=O)[O-]. The van der Waals surface area contributed by atoms with Crippen molar-refractivity contribution in [2.45, 2.75) is 38.8 Å². The molecule has 1 aliphatic rings. The normalized spacial score (nSPS) is 22.3. The van der Waals surface area contributed by atoms with Crippen molar-refractivity contribution in [1.82, 2.24) is 5.32 Å². The minimum Gasteiger partial charge on any atom is -0.378 e. The number of hydrogen-bond donors (Lipinski definition) is 1. The molecule has 1 heterocycles. The summed E-state index contributed by atoms with van der Waals surface area (Å²) in [4.78, 5) is 22.7. The lowest BCUT2D eigenvalue weighted by molar-refractivity contribution is -0.385. The van der Waals surface area contributed by atoms with Crippen LogP contribution in [0.3, 0.4) is 0 Å². The molecule has 0 spiro atoms. The zero-order valence-electron chi connectivity index (χ0n) is 11.6. The number of nitrogens with zero attached hydrogens (tertiary/aromatic N) is 1. The summed E-state index contributed by atoms with van der Waals surface area (Å²) in [7, 11) is 0. The van der Waals surface area contributed by atoms with Crippen LogP contribution in [0.25, 0.3) is 0 Å². The Morgan fingerprint density at radius 1 is 1.50 bits per heavy atom. The lowest BCUT2D eigenvalue weighted by atomic mass is 10.0. The second kappa shape index (κ2) is 6.00. The number of benzene rings is 1. The number of rotatable bonds is 3. The van der Waals surface area contributed by atoms with Crippen LogP contribution in [0, 0.1) is 17.0 Å². The third kappa shape index (κ3) is 3.14. The van der Waals surface area contributed by atoms with Gasteiger partial charge in [0.05, 0.1) is 11.0 Å². The van der Waals surface area contributed by atoms with Gasteiger partial charge in [-0.3, -0.25) is 14.9 Å². The van der Waals surface area contributed by atoms with E-state index in [1.54, 1.807) is 13.0 Å². The first-order valence-electron chi connectivity index (χ1n) is 6.65. The number of amides is 1. The largest absolute Gasteiger partial charge is 0.378 e. The highest BCUT2D eigenvalue weighted by atomic mass is 16.6. The fourth-order valence-electron chi connectivity index (χ4n) is 2.46. The van der Waals surface area contributed by atoms with Crippen LogP contribution >= 0.6 is 0 Å². The summed E-state index contributed by atoms with van der Waals surface area (Å²) in [5, 5.41) is 13.8. The van der Waals surface area contributed by atoms with Crippen molar-refractivity contribution in [1.29, 1.82) is 0 Å². The van der Waals surface area contributed by atoms with Gasteiger partial charge in [-0.25, -0.2) is 0 Å². The molecule has 1 amide bonds. The van der Waals surface area contributed by atoms with E-state index in [0.717, 1.165) is 12.8 Å². The highest BCUT2D eigenvalue weighted by molar-refractivity contribution is 5.96. The Hall–Kier alpha value is -1.95. The minimum absolute atomic E-state index is 0.0296. The zero-order valence-corrected chi connectivity index (χ0v) is 11.6. The summed E-state index contributed by atoms with van der Waals surface area (Å²) >= 11 is 0. The van der Waals surface area contributed by atoms with Gasteiger partial charge in [-0.2, -0.15) is 0 Å². The average Bonchev–Trinajstić information content (AvgIpc) is 2.38. The van der Waals surface area contributed by atoms with Gasteiger partial charge in [0.25, 0.3) is 11.6 Å². The predicted molar refractivity (Wildman–Crippen MR) is 73.7 cm³/mol. The molecule has 6 heteroatoms. The summed E-state index contributed by atoms with van der Waals surface area (Å²) in [6, 6.07) is 4.61. The van der Waals surface area contributed by atoms with Crippen LogP contribution in [-0.4, -0.2) is 29.6 Å². The third-order valence-electron chi connectivity index (χ3n) is 3.57. The number of carbonyl (C=O) groups is 1. The van der Waals surface area contributed by atoms with Crippen LogP contribution in [0.5, 0.6) is 0 Å². The first kappa shape index (κ1) is 14.5. The molecule has 108 valence electrons. The number of ether oxygens (including phenoxy) is 1. The Kier molecular flexibility index (Phi) is 4.34. The molecule has 2 rings (SSSR count). The van der Waals surface area contributed by atoms with E-state index in [9.17, 15) is 14.9 Å². The molecule has 0 unspecified atom stereocenters. The van der Waals surface area contributed by atoms with Gasteiger partial charge in [-0.15, -0.1) is 0 Å². The van der Waals surface area contributed by atoms with E-state index in [4.69, 9.17) is 4.74 Å². The fraction of sp³-hybridized carbons (Fsp3) is 0.500. The Morgan fingerprint density at radius 3 is 2.90 bits per heavy atom. The van der Waals surface area contributed by atoms with E-state index in [2.05, 4.69) is 5.32 Å². The van der Waals surface area contributed by atoms with Crippen molar-refractivity contribution < 1.29 is 14.5 Å². The molecule has 0 aliphatic carbocycles. The van der Waals surface area contributed by atoms with Crippen LogP contribution in [-0.2, 0) is 4.74 Å². The van der Waals surface area contributed by atoms with Crippen molar-refractivity contribution in [3.05, 3.63) is 39.4 Å². The third-order valence-corrected chi connectivity index (χ3v) is 3.57. The quantitative estimate of drug-likeness (QED) is 0.678. The molecular formula is C14H18N2O4. The van der Waals surface area contributed by atoms with Crippen molar-refractivity contribution >= 4 is 11.6 Å². The van der Waals surface area contributed by atoms with Gasteiger partial charge in [0.2, 0.25) is 0 Å². The van der Waals surface area contributed by atoms with Gasteiger partial charge >= 0.3 is 0 Å². The second-order valence-corrected chi connectivity index (χ2v) is 5.08. The molecule has 0 radical (unpaired) electrons. The van der Waals surface area contributed by atoms with E-state index in [1.165, 1.54) is 12.1 Å². The van der Waals surface area contributed by atoms with Gasteiger partial charge in [0.15, 0.2) is 0 Å². The molecule has 0 aromatic heterocycles. The molecular weight excluding hydrogens is 260 g/mol. The molecule has 1 aromatic carbocycles. The maximum absolute atomic E-state index is 12.2. The summed E-state index contributed by atoms with van der Waals surface area (Å²) in [6.07, 6.45) is 1.66. The Bertz CT molecular complexity index is 530. The van der Waals surface area contributed by atoms with Crippen molar-refractivity contribution in [2.75, 3.05) is 6.61 Å². The fourth-order valence-corrected chi connectivity index (χ4v) is 2.46. The molecule has 6 nitrogen and oxygen atoms in total. The molecule has 1 N–H and O–H groups in total. The Morgan fingerprint density at radius 2 is 2.25 bits per heavy atom. The lowest BCUT2D eigenvalue weighted by Crippen LogP contribution is -2.41. The minimum atomic E-state index is -0.470. The molecule has 1 aliphatic heterocycles. The van der Waals surface area contributed by atoms with Gasteiger partial charge in [0, 0.05) is 29.8 Å². The predicted octanol–water partition coefficient (Wildman–Crippen LogP) is 2.20. The van der Waals surface area contributed by atoms with E-state index < -0.39 is 4.92 Å². The number of carbonyl (C=O) groups excluding carboxylic acids is 1. The summed E-state index contributed by atoms with van der Waals surface area (Å²) in [5.74, 6) is -0.259. The second-order valence-electron chi connectivity index (χ2n) is 5.08. The van der Waals surface area contributed by atoms with E-state index >= 15 is 0 Å². The van der Waals surface area contributed by atoms with Gasteiger partial charge < -0.3 is 10.1 Å². The van der Waals surface area contributed by atoms with Gasteiger partial charge in [0.1, 0.15) is 0 Å². The van der Waals surface area contributed by atoms with E-state index in [-0.39, 0.29) is 23.7 Å². The van der Waals surface area contributed by atoms with Crippen molar-refractivity contribution in [3.63, 3.8) is 0 Å². The average molecular weight is 278 g/mol. The highest BCUT2D eigenvalue weighted by Crippen LogP contribution is 2.21. The standard InChI is InChI=1S/C14H18N2O4/c1-9-8-11(6-7-20-9)15-14(17)12-4-3-5-13(10(12)2)16(18)19/h3-5,9,11H,6-8H2,1-2H3,(H,15,17)/t9-,11-/m1/s1. The lowest BCUT2D eigenvalue weighted by Gasteiger charge is -2.28. The number of hydrogen-bond acceptors (Lipinski definition) is 4. The van der Waals surface area contributed by atoms with E-state index in [1.807, 2.05) is 6.92 Å². The number of nitro benzene ring substituents is 1. The summed E-state index contributed by atoms with van der Waals surface area (Å²) in [6.45, 7) is 4.19. The van der Waals surface area contributed by atoms with Gasteiger partial charge in [-0.05, 0) is 32.8 Å². The summed E-state index contributed by atoms with van der Waals surface area (Å²) < 4.78 is 5.43. The molecule has 20 heavy (non-hydrogen) atoms. The monoisotopic (exact) mass is 278 g/mol. The van der Waals surface area contributed by atoms with Crippen LogP contribution in [0.15, 0.2) is 18.2 Å². The maximum atomic E-state index is 12.2. The molecule has 2 atom stereocenters. The van der Waals surface area contributed by atoms with Crippen molar-refractivity contribution in [3.8, 4) is 0 Å². The molecule has 1 aromatic rings. The molecule has 0 saturated carbocycles. The van der Waals surface area contributed by atoms with Gasteiger partial charge in [-0.1, -0.05) is 6.07 Å². The zero-order chi connectivity index (χ0) is 14.7. The topological polar surface area (TPSA) is 81.5 Å². The van der Waals surface area contributed by atoms with Crippen LogP contribution in [0.1, 0.15) is 35.7 Å². The van der Waals surface area contributed by atoms with Crippen LogP contribution < -0.4 is 5.32 Å². The van der Waals surface area contributed by atoms with E-state index in [0.29, 0.717) is 17.7 Å².